The van der Waals surface area contributed by atoms with Crippen molar-refractivity contribution in [2.75, 3.05) is 11.9 Å². The third-order valence-corrected chi connectivity index (χ3v) is 2.88. The summed E-state index contributed by atoms with van der Waals surface area (Å²) in [5, 5.41) is 4.69. The first-order valence-electron chi connectivity index (χ1n) is 6.62. The first-order chi connectivity index (χ1) is 9.78. The van der Waals surface area contributed by atoms with E-state index in [1.54, 1.807) is 12.1 Å². The topological polar surface area (TPSA) is 34.1 Å². The molecule has 0 aliphatic carbocycles. The number of hydrogen-bond acceptors (Lipinski definition) is 3. The van der Waals surface area contributed by atoms with Gasteiger partial charge < -0.3 is 10.1 Å². The molecule has 0 radical (unpaired) electrons. The summed E-state index contributed by atoms with van der Waals surface area (Å²) in [6.45, 7) is 4.52. The number of aromatic nitrogens is 1. The van der Waals surface area contributed by atoms with E-state index >= 15 is 0 Å². The summed E-state index contributed by atoms with van der Waals surface area (Å²) in [6, 6.07) is 5.59. The summed E-state index contributed by atoms with van der Waals surface area (Å²) in [5.74, 6) is 0.000307. The molecule has 0 saturated heterocycles. The summed E-state index contributed by atoms with van der Waals surface area (Å²) in [6.07, 6.45) is -2.85. The lowest BCUT2D eigenvalue weighted by Gasteiger charge is -2.16. The van der Waals surface area contributed by atoms with Crippen molar-refractivity contribution in [2.45, 2.75) is 33.0 Å². The van der Waals surface area contributed by atoms with Crippen LogP contribution in [0.25, 0.3) is 10.8 Å². The molecular formula is C15H17F3N2O. The Morgan fingerprint density at radius 2 is 2.00 bits per heavy atom. The second kappa shape index (κ2) is 5.79. The van der Waals surface area contributed by atoms with Gasteiger partial charge in [0.25, 0.3) is 0 Å². The van der Waals surface area contributed by atoms with Gasteiger partial charge in [0.05, 0.1) is 0 Å². The summed E-state index contributed by atoms with van der Waals surface area (Å²) in [4.78, 5) is 3.98. The molecular weight excluding hydrogens is 281 g/mol. The maximum atomic E-state index is 12.3. The number of aryl methyl sites for hydroxylation is 1. The minimum atomic E-state index is -4.38. The van der Waals surface area contributed by atoms with Gasteiger partial charge in [-0.05, 0) is 38.5 Å². The Kier molecular flexibility index (Phi) is 4.25. The van der Waals surface area contributed by atoms with Crippen molar-refractivity contribution in [3.63, 3.8) is 0 Å². The van der Waals surface area contributed by atoms with Crippen molar-refractivity contribution in [1.29, 1.82) is 0 Å². The van der Waals surface area contributed by atoms with Crippen LogP contribution in [-0.2, 0) is 0 Å². The molecule has 2 aromatic rings. The molecule has 2 rings (SSSR count). The molecule has 0 aliphatic heterocycles. The Balaban J connectivity index is 2.47. The van der Waals surface area contributed by atoms with Crippen LogP contribution in [0.4, 0.5) is 18.9 Å². The maximum absolute atomic E-state index is 12.3. The second-order valence-corrected chi connectivity index (χ2v) is 5.18. The first-order valence-corrected chi connectivity index (χ1v) is 6.62. The molecule has 0 atom stereocenters. The van der Waals surface area contributed by atoms with Crippen LogP contribution in [0.15, 0.2) is 24.4 Å². The quantitative estimate of drug-likeness (QED) is 0.913. The lowest BCUT2D eigenvalue weighted by atomic mass is 10.1. The van der Waals surface area contributed by atoms with Gasteiger partial charge in [0, 0.05) is 28.7 Å². The zero-order valence-electron chi connectivity index (χ0n) is 12.1. The number of nitrogens with zero attached hydrogens (tertiary/aromatic N) is 1. The zero-order valence-corrected chi connectivity index (χ0v) is 12.1. The molecule has 0 bridgehead atoms. The number of halogens is 3. The Bertz CT molecular complexity index is 639. The molecule has 1 heterocycles. The normalized spacial score (nSPS) is 12.0. The van der Waals surface area contributed by atoms with E-state index in [1.165, 1.54) is 6.20 Å². The van der Waals surface area contributed by atoms with Gasteiger partial charge in [-0.3, -0.25) is 0 Å². The van der Waals surface area contributed by atoms with E-state index in [1.807, 2.05) is 26.8 Å². The van der Waals surface area contributed by atoms with Crippen molar-refractivity contribution in [1.82, 2.24) is 4.98 Å². The molecule has 0 spiro atoms. The third kappa shape index (κ3) is 3.77. The van der Waals surface area contributed by atoms with Crippen LogP contribution in [0, 0.1) is 6.92 Å². The second-order valence-electron chi connectivity index (χ2n) is 5.18. The molecule has 3 nitrogen and oxygen atoms in total. The smallest absolute Gasteiger partial charge is 0.422 e. The van der Waals surface area contributed by atoms with E-state index in [0.29, 0.717) is 5.39 Å². The number of fused-ring (bicyclic) bond motifs is 1. The molecule has 6 heteroatoms. The zero-order chi connectivity index (χ0) is 15.6. The third-order valence-electron chi connectivity index (χ3n) is 2.88. The number of alkyl halides is 3. The summed E-state index contributed by atoms with van der Waals surface area (Å²) < 4.78 is 41.8. The standard InChI is InChI=1S/C15H17F3N2O/c1-9(2)20-12-6-4-5-11-13(12)10(3)7-19-14(11)21-8-15(16,17)18/h4-7,9,20H,8H2,1-3H3. The predicted octanol–water partition coefficient (Wildman–Crippen LogP) is 4.30. The van der Waals surface area contributed by atoms with Crippen molar-refractivity contribution in [3.8, 4) is 5.88 Å². The lowest BCUT2D eigenvalue weighted by molar-refractivity contribution is -0.153. The van der Waals surface area contributed by atoms with E-state index in [2.05, 4.69) is 10.3 Å². The van der Waals surface area contributed by atoms with Crippen LogP contribution in [0.2, 0.25) is 0 Å². The molecule has 0 saturated carbocycles. The van der Waals surface area contributed by atoms with E-state index < -0.39 is 12.8 Å². The van der Waals surface area contributed by atoms with Crippen LogP contribution in [-0.4, -0.2) is 23.8 Å². The lowest BCUT2D eigenvalue weighted by Crippen LogP contribution is -2.19. The van der Waals surface area contributed by atoms with Crippen molar-refractivity contribution in [3.05, 3.63) is 30.0 Å². The van der Waals surface area contributed by atoms with Crippen LogP contribution in [0.1, 0.15) is 19.4 Å². The van der Waals surface area contributed by atoms with Gasteiger partial charge in [-0.2, -0.15) is 13.2 Å². The number of nitrogens with one attached hydrogen (secondary N) is 1. The highest BCUT2D eigenvalue weighted by molar-refractivity contribution is 5.99. The highest BCUT2D eigenvalue weighted by Crippen LogP contribution is 2.32. The Morgan fingerprint density at radius 1 is 1.29 bits per heavy atom. The number of pyridine rings is 1. The van der Waals surface area contributed by atoms with Crippen LogP contribution >= 0.6 is 0 Å². The van der Waals surface area contributed by atoms with Crippen molar-refractivity contribution >= 4 is 16.5 Å². The highest BCUT2D eigenvalue weighted by Gasteiger charge is 2.29. The number of anilines is 1. The molecule has 21 heavy (non-hydrogen) atoms. The monoisotopic (exact) mass is 298 g/mol. The van der Waals surface area contributed by atoms with Crippen LogP contribution < -0.4 is 10.1 Å². The minimum Gasteiger partial charge on any atom is -0.468 e. The van der Waals surface area contributed by atoms with Gasteiger partial charge in [0.15, 0.2) is 6.61 Å². The van der Waals surface area contributed by atoms with Gasteiger partial charge in [-0.15, -0.1) is 0 Å². The Morgan fingerprint density at radius 3 is 2.62 bits per heavy atom. The van der Waals surface area contributed by atoms with E-state index in [4.69, 9.17) is 4.74 Å². The highest BCUT2D eigenvalue weighted by atomic mass is 19.4. The Labute approximate surface area is 121 Å². The molecule has 0 aliphatic rings. The fourth-order valence-electron chi connectivity index (χ4n) is 2.14. The number of rotatable bonds is 4. The Hall–Kier alpha value is -1.98. The van der Waals surface area contributed by atoms with Gasteiger partial charge >= 0.3 is 6.18 Å². The van der Waals surface area contributed by atoms with Crippen molar-refractivity contribution in [2.24, 2.45) is 0 Å². The fraction of sp³-hybridized carbons (Fsp3) is 0.400. The predicted molar refractivity (Wildman–Crippen MR) is 76.8 cm³/mol. The molecule has 0 unspecified atom stereocenters. The summed E-state index contributed by atoms with van der Waals surface area (Å²) in [7, 11) is 0. The van der Waals surface area contributed by atoms with E-state index in [0.717, 1.165) is 16.6 Å². The van der Waals surface area contributed by atoms with Gasteiger partial charge in [0.2, 0.25) is 5.88 Å². The molecule has 1 aromatic heterocycles. The van der Waals surface area contributed by atoms with Gasteiger partial charge in [-0.25, -0.2) is 4.98 Å². The molecule has 1 N–H and O–H groups in total. The summed E-state index contributed by atoms with van der Waals surface area (Å²) >= 11 is 0. The molecule has 0 fully saturated rings. The summed E-state index contributed by atoms with van der Waals surface area (Å²) in [5.41, 5.74) is 1.74. The average Bonchev–Trinajstić information content (AvgIpc) is 2.36. The largest absolute Gasteiger partial charge is 0.468 e. The molecule has 1 aromatic carbocycles. The fourth-order valence-corrected chi connectivity index (χ4v) is 2.14. The van der Waals surface area contributed by atoms with Crippen LogP contribution in [0.3, 0.4) is 0 Å². The number of benzene rings is 1. The van der Waals surface area contributed by atoms with Crippen LogP contribution in [0.5, 0.6) is 5.88 Å². The minimum absolute atomic E-state index is 0.000307. The SMILES string of the molecule is Cc1cnc(OCC(F)(F)F)c2cccc(NC(C)C)c12. The average molecular weight is 298 g/mol. The van der Waals surface area contributed by atoms with E-state index in [9.17, 15) is 13.2 Å². The van der Waals surface area contributed by atoms with Gasteiger partial charge in [0.1, 0.15) is 0 Å². The first kappa shape index (κ1) is 15.4. The number of ether oxygens (including phenoxy) is 1. The maximum Gasteiger partial charge on any atom is 0.422 e. The molecule has 114 valence electrons. The molecule has 0 amide bonds. The van der Waals surface area contributed by atoms with Gasteiger partial charge in [-0.1, -0.05) is 6.07 Å². The van der Waals surface area contributed by atoms with E-state index in [-0.39, 0.29) is 11.9 Å². The van der Waals surface area contributed by atoms with Crippen molar-refractivity contribution < 1.29 is 17.9 Å². The number of hydrogen-bond donors (Lipinski definition) is 1.